The van der Waals surface area contributed by atoms with E-state index in [-0.39, 0.29) is 10.8 Å². The first-order valence-electron chi connectivity index (χ1n) is 8.78. The molecular weight excluding hydrogens is 362 g/mol. The van der Waals surface area contributed by atoms with Gasteiger partial charge in [0, 0.05) is 36.6 Å². The normalized spacial score (nSPS) is 10.9. The van der Waals surface area contributed by atoms with Crippen molar-refractivity contribution in [1.82, 2.24) is 5.32 Å². The second kappa shape index (κ2) is 9.23. The second-order valence-corrected chi connectivity index (χ2v) is 7.53. The molecule has 0 spiro atoms. The molecule has 2 rings (SSSR count). The van der Waals surface area contributed by atoms with Gasteiger partial charge in [-0.15, -0.1) is 6.58 Å². The van der Waals surface area contributed by atoms with E-state index in [1.54, 1.807) is 18.2 Å². The minimum Gasteiger partial charge on any atom is -0.372 e. The lowest BCUT2D eigenvalue weighted by molar-refractivity contribution is 0.0958. The molecular formula is C20H25N3O3S. The summed E-state index contributed by atoms with van der Waals surface area (Å²) < 4.78 is 27.7. The van der Waals surface area contributed by atoms with E-state index in [4.69, 9.17) is 0 Å². The van der Waals surface area contributed by atoms with E-state index >= 15 is 0 Å². The van der Waals surface area contributed by atoms with Crippen LogP contribution in [-0.2, 0) is 10.0 Å². The van der Waals surface area contributed by atoms with Gasteiger partial charge in [0.15, 0.2) is 0 Å². The van der Waals surface area contributed by atoms with Crippen LogP contribution in [0.3, 0.4) is 0 Å². The van der Waals surface area contributed by atoms with Gasteiger partial charge in [0.1, 0.15) is 0 Å². The molecule has 0 radical (unpaired) electrons. The van der Waals surface area contributed by atoms with Crippen molar-refractivity contribution in [2.24, 2.45) is 0 Å². The first-order valence-corrected chi connectivity index (χ1v) is 10.3. The summed E-state index contributed by atoms with van der Waals surface area (Å²) in [6, 6.07) is 13.0. The number of amides is 1. The van der Waals surface area contributed by atoms with Crippen molar-refractivity contribution in [2.45, 2.75) is 18.7 Å². The van der Waals surface area contributed by atoms with E-state index in [2.05, 4.69) is 35.4 Å². The average molecular weight is 388 g/mol. The molecule has 0 saturated heterocycles. The molecule has 0 aromatic heterocycles. The molecule has 1 amide bonds. The van der Waals surface area contributed by atoms with E-state index in [9.17, 15) is 13.2 Å². The Morgan fingerprint density at radius 1 is 1.04 bits per heavy atom. The van der Waals surface area contributed by atoms with Crippen LogP contribution in [0.2, 0.25) is 0 Å². The topological polar surface area (TPSA) is 78.5 Å². The lowest BCUT2D eigenvalue weighted by atomic mass is 10.2. The number of hydrogen-bond acceptors (Lipinski definition) is 4. The number of nitrogens with one attached hydrogen (secondary N) is 2. The molecule has 0 fully saturated rings. The van der Waals surface area contributed by atoms with Gasteiger partial charge in [-0.3, -0.25) is 9.52 Å². The van der Waals surface area contributed by atoms with Crippen molar-refractivity contribution in [3.8, 4) is 0 Å². The number of rotatable bonds is 9. The number of sulfonamides is 1. The van der Waals surface area contributed by atoms with Crippen molar-refractivity contribution in [3.63, 3.8) is 0 Å². The molecule has 144 valence electrons. The van der Waals surface area contributed by atoms with Gasteiger partial charge in [0.25, 0.3) is 15.9 Å². The van der Waals surface area contributed by atoms with Crippen LogP contribution in [0.5, 0.6) is 0 Å². The summed E-state index contributed by atoms with van der Waals surface area (Å²) in [5.74, 6) is -0.279. The molecule has 7 heteroatoms. The van der Waals surface area contributed by atoms with Crippen molar-refractivity contribution < 1.29 is 13.2 Å². The van der Waals surface area contributed by atoms with E-state index in [0.717, 1.165) is 18.8 Å². The van der Waals surface area contributed by atoms with Crippen LogP contribution in [0.15, 0.2) is 66.1 Å². The largest absolute Gasteiger partial charge is 0.372 e. The molecule has 0 heterocycles. The van der Waals surface area contributed by atoms with Crippen molar-refractivity contribution >= 4 is 27.3 Å². The van der Waals surface area contributed by atoms with Gasteiger partial charge in [-0.1, -0.05) is 6.08 Å². The summed E-state index contributed by atoms with van der Waals surface area (Å²) in [6.07, 6.45) is 1.58. The number of nitrogens with zero attached hydrogens (tertiary/aromatic N) is 1. The minimum atomic E-state index is -3.73. The van der Waals surface area contributed by atoms with Crippen LogP contribution in [-0.4, -0.2) is 34.0 Å². The zero-order valence-electron chi connectivity index (χ0n) is 15.6. The first kappa shape index (κ1) is 20.5. The van der Waals surface area contributed by atoms with Crippen molar-refractivity contribution in [1.29, 1.82) is 0 Å². The highest BCUT2D eigenvalue weighted by Gasteiger charge is 2.15. The van der Waals surface area contributed by atoms with E-state index in [1.165, 1.54) is 24.3 Å². The molecule has 0 atom stereocenters. The van der Waals surface area contributed by atoms with Gasteiger partial charge in [0.05, 0.1) is 4.90 Å². The van der Waals surface area contributed by atoms with Crippen LogP contribution in [0.25, 0.3) is 0 Å². The molecule has 0 bridgehead atoms. The maximum absolute atomic E-state index is 12.6. The molecule has 2 aromatic carbocycles. The minimum absolute atomic E-state index is 0.0931. The molecule has 0 aliphatic rings. The highest BCUT2D eigenvalue weighted by atomic mass is 32.2. The molecule has 0 unspecified atom stereocenters. The monoisotopic (exact) mass is 387 g/mol. The smallest absolute Gasteiger partial charge is 0.261 e. The predicted molar refractivity (Wildman–Crippen MR) is 110 cm³/mol. The fraction of sp³-hybridized carbons (Fsp3) is 0.250. The van der Waals surface area contributed by atoms with Gasteiger partial charge in [-0.2, -0.15) is 0 Å². The number of anilines is 2. The third-order valence-electron chi connectivity index (χ3n) is 4.08. The lowest BCUT2D eigenvalue weighted by Crippen LogP contribution is -2.23. The molecule has 0 aliphatic carbocycles. The fourth-order valence-corrected chi connectivity index (χ4v) is 3.65. The van der Waals surface area contributed by atoms with Crippen LogP contribution < -0.4 is 14.9 Å². The lowest BCUT2D eigenvalue weighted by Gasteiger charge is -2.21. The van der Waals surface area contributed by atoms with Crippen LogP contribution in [0, 0.1) is 0 Å². The fourth-order valence-electron chi connectivity index (χ4n) is 2.60. The Bertz CT molecular complexity index is 872. The van der Waals surface area contributed by atoms with Gasteiger partial charge in [-0.25, -0.2) is 8.42 Å². The third-order valence-corrected chi connectivity index (χ3v) is 5.48. The standard InChI is InChI=1S/C20H25N3O3S/c1-4-15-21-20(24)16-7-13-19(14-8-16)27(25,26)22-17-9-11-18(12-10-17)23(5-2)6-3/h4,7-14,22H,1,5-6,15H2,2-3H3,(H,21,24). The van der Waals surface area contributed by atoms with Crippen molar-refractivity contribution in [3.05, 3.63) is 66.7 Å². The number of carbonyl (C=O) groups excluding carboxylic acids is 1. The SMILES string of the molecule is C=CCNC(=O)c1ccc(S(=O)(=O)Nc2ccc(N(CC)CC)cc2)cc1. The van der Waals surface area contributed by atoms with Gasteiger partial charge in [0.2, 0.25) is 0 Å². The highest BCUT2D eigenvalue weighted by molar-refractivity contribution is 7.92. The maximum Gasteiger partial charge on any atom is 0.261 e. The van der Waals surface area contributed by atoms with Crippen LogP contribution >= 0.6 is 0 Å². The summed E-state index contributed by atoms with van der Waals surface area (Å²) in [7, 11) is -3.73. The summed E-state index contributed by atoms with van der Waals surface area (Å²) in [6.45, 7) is 9.79. The summed E-state index contributed by atoms with van der Waals surface area (Å²) >= 11 is 0. The highest BCUT2D eigenvalue weighted by Crippen LogP contribution is 2.21. The van der Waals surface area contributed by atoms with E-state index in [0.29, 0.717) is 17.8 Å². The van der Waals surface area contributed by atoms with Crippen molar-refractivity contribution in [2.75, 3.05) is 29.3 Å². The van der Waals surface area contributed by atoms with E-state index in [1.807, 2.05) is 12.1 Å². The predicted octanol–water partition coefficient (Wildman–Crippen LogP) is 3.25. The Kier molecular flexibility index (Phi) is 7.01. The summed E-state index contributed by atoms with van der Waals surface area (Å²) in [5, 5.41) is 2.64. The Labute approximate surface area is 161 Å². The zero-order chi connectivity index (χ0) is 19.9. The average Bonchev–Trinajstić information content (AvgIpc) is 2.68. The second-order valence-electron chi connectivity index (χ2n) is 5.85. The molecule has 0 aliphatic heterocycles. The molecule has 2 N–H and O–H groups in total. The third kappa shape index (κ3) is 5.34. The molecule has 2 aromatic rings. The number of carbonyl (C=O) groups is 1. The zero-order valence-corrected chi connectivity index (χ0v) is 16.4. The Morgan fingerprint density at radius 2 is 1.63 bits per heavy atom. The van der Waals surface area contributed by atoms with Gasteiger partial charge >= 0.3 is 0 Å². The van der Waals surface area contributed by atoms with Crippen LogP contribution in [0.4, 0.5) is 11.4 Å². The maximum atomic E-state index is 12.6. The molecule has 27 heavy (non-hydrogen) atoms. The number of hydrogen-bond donors (Lipinski definition) is 2. The molecule has 6 nitrogen and oxygen atoms in total. The molecule has 0 saturated carbocycles. The summed E-state index contributed by atoms with van der Waals surface area (Å²) in [5.41, 5.74) is 1.91. The van der Waals surface area contributed by atoms with Crippen LogP contribution in [0.1, 0.15) is 24.2 Å². The van der Waals surface area contributed by atoms with E-state index < -0.39 is 10.0 Å². The Hall–Kier alpha value is -2.80. The van der Waals surface area contributed by atoms with Gasteiger partial charge in [-0.05, 0) is 62.4 Å². The van der Waals surface area contributed by atoms with Gasteiger partial charge < -0.3 is 10.2 Å². The number of benzene rings is 2. The quantitative estimate of drug-likeness (QED) is 0.648. The first-order chi connectivity index (χ1) is 12.9. The summed E-state index contributed by atoms with van der Waals surface area (Å²) in [4.78, 5) is 14.1. The Balaban J connectivity index is 2.12. The Morgan fingerprint density at radius 3 is 2.15 bits per heavy atom.